The predicted molar refractivity (Wildman–Crippen MR) is 79.3 cm³/mol. The Labute approximate surface area is 128 Å². The average molecular weight is 302 g/mol. The van der Waals surface area contributed by atoms with E-state index in [9.17, 15) is 9.59 Å². The molecule has 0 bridgehead atoms. The van der Waals surface area contributed by atoms with Crippen LogP contribution in [0.15, 0.2) is 35.5 Å². The molecule has 1 aromatic carbocycles. The van der Waals surface area contributed by atoms with Crippen LogP contribution in [0.5, 0.6) is 0 Å². The Hall–Kier alpha value is -2.37. The Morgan fingerprint density at radius 3 is 2.59 bits per heavy atom. The Morgan fingerprint density at radius 1 is 1.32 bits per heavy atom. The van der Waals surface area contributed by atoms with Gasteiger partial charge >= 0.3 is 6.09 Å². The van der Waals surface area contributed by atoms with Crippen molar-refractivity contribution in [1.82, 2.24) is 4.90 Å². The van der Waals surface area contributed by atoms with Crippen LogP contribution in [0.2, 0.25) is 0 Å². The lowest BCUT2D eigenvalue weighted by molar-refractivity contribution is -0.140. The number of benzene rings is 1. The fourth-order valence-electron chi connectivity index (χ4n) is 2.71. The predicted octanol–water partition coefficient (Wildman–Crippen LogP) is 2.18. The quantitative estimate of drug-likeness (QED) is 0.839. The van der Waals surface area contributed by atoms with E-state index >= 15 is 0 Å². The third-order valence-corrected chi connectivity index (χ3v) is 3.85. The monoisotopic (exact) mass is 302 g/mol. The molecular formula is C16H18N2O4. The summed E-state index contributed by atoms with van der Waals surface area (Å²) in [6.45, 7) is 5.62. The molecule has 0 aromatic heterocycles. The Morgan fingerprint density at radius 2 is 2.00 bits per heavy atom. The molecule has 2 atom stereocenters. The lowest BCUT2D eigenvalue weighted by Gasteiger charge is -2.19. The summed E-state index contributed by atoms with van der Waals surface area (Å²) in [6.07, 6.45) is -1.42. The number of cyclic esters (lactones) is 1. The maximum atomic E-state index is 12.6. The summed E-state index contributed by atoms with van der Waals surface area (Å²) in [5, 5.41) is 4.04. The Kier molecular flexibility index (Phi) is 3.39. The molecule has 2 aliphatic heterocycles. The number of ether oxygens (including phenoxy) is 1. The van der Waals surface area contributed by atoms with Gasteiger partial charge in [0.25, 0.3) is 5.91 Å². The van der Waals surface area contributed by atoms with Gasteiger partial charge in [-0.25, -0.2) is 9.69 Å². The molecule has 1 saturated heterocycles. The number of hydrogen-bond acceptors (Lipinski definition) is 5. The Balaban J connectivity index is 1.76. The summed E-state index contributed by atoms with van der Waals surface area (Å²) >= 11 is 0. The van der Waals surface area contributed by atoms with E-state index in [4.69, 9.17) is 9.57 Å². The normalized spacial score (nSPS) is 26.4. The van der Waals surface area contributed by atoms with Crippen LogP contribution in [-0.4, -0.2) is 40.9 Å². The SMILES string of the molecule is C[C@H]1C(c2ccccc2)=NO[C@@H]1C(=O)N1CC(C)(C)OC1=O. The molecule has 6 nitrogen and oxygen atoms in total. The molecule has 0 radical (unpaired) electrons. The summed E-state index contributed by atoms with van der Waals surface area (Å²) in [4.78, 5) is 30.8. The van der Waals surface area contributed by atoms with Gasteiger partial charge in [0.1, 0.15) is 5.60 Å². The first kappa shape index (κ1) is 14.6. The van der Waals surface area contributed by atoms with E-state index < -0.39 is 23.7 Å². The van der Waals surface area contributed by atoms with E-state index in [2.05, 4.69) is 5.16 Å². The van der Waals surface area contributed by atoms with Gasteiger partial charge in [-0.05, 0) is 19.4 Å². The number of nitrogens with zero attached hydrogens (tertiary/aromatic N) is 2. The zero-order valence-corrected chi connectivity index (χ0v) is 12.8. The second-order valence-electron chi connectivity index (χ2n) is 6.21. The molecule has 0 saturated carbocycles. The highest BCUT2D eigenvalue weighted by Crippen LogP contribution is 2.28. The molecule has 6 heteroatoms. The molecule has 2 heterocycles. The first-order valence-corrected chi connectivity index (χ1v) is 7.22. The number of amides is 2. The van der Waals surface area contributed by atoms with Gasteiger partial charge in [-0.1, -0.05) is 42.4 Å². The van der Waals surface area contributed by atoms with Crippen LogP contribution in [0.25, 0.3) is 0 Å². The van der Waals surface area contributed by atoms with Crippen molar-refractivity contribution in [3.8, 4) is 0 Å². The van der Waals surface area contributed by atoms with Crippen LogP contribution in [-0.2, 0) is 14.4 Å². The summed E-state index contributed by atoms with van der Waals surface area (Å²) < 4.78 is 5.16. The minimum Gasteiger partial charge on any atom is -0.441 e. The lowest BCUT2D eigenvalue weighted by Crippen LogP contribution is -2.44. The van der Waals surface area contributed by atoms with Crippen molar-refractivity contribution in [2.24, 2.45) is 11.1 Å². The molecule has 22 heavy (non-hydrogen) atoms. The van der Waals surface area contributed by atoms with Crippen LogP contribution >= 0.6 is 0 Å². The van der Waals surface area contributed by atoms with Crippen molar-refractivity contribution < 1.29 is 19.2 Å². The summed E-state index contributed by atoms with van der Waals surface area (Å²) in [7, 11) is 0. The number of oxime groups is 1. The standard InChI is InChI=1S/C16H18N2O4/c1-10-12(11-7-5-4-6-8-11)17-22-13(10)14(19)18-9-16(2,3)21-15(18)20/h4-8,10,13H,9H2,1-3H3/t10-,13-/m0/s1. The highest BCUT2D eigenvalue weighted by molar-refractivity contribution is 6.07. The molecule has 1 aromatic rings. The molecule has 0 N–H and O–H groups in total. The second-order valence-corrected chi connectivity index (χ2v) is 6.21. The van der Waals surface area contributed by atoms with E-state index in [1.807, 2.05) is 37.3 Å². The zero-order valence-electron chi connectivity index (χ0n) is 12.8. The van der Waals surface area contributed by atoms with E-state index in [0.717, 1.165) is 10.5 Å². The van der Waals surface area contributed by atoms with Gasteiger partial charge in [0.2, 0.25) is 6.10 Å². The van der Waals surface area contributed by atoms with E-state index in [1.165, 1.54) is 0 Å². The molecule has 1 fully saturated rings. The van der Waals surface area contributed by atoms with Gasteiger partial charge in [0.15, 0.2) is 0 Å². The van der Waals surface area contributed by atoms with Crippen molar-refractivity contribution in [1.29, 1.82) is 0 Å². The molecule has 116 valence electrons. The molecule has 3 rings (SSSR count). The number of carbonyl (C=O) groups excluding carboxylic acids is 2. The van der Waals surface area contributed by atoms with Gasteiger partial charge in [0.05, 0.1) is 18.2 Å². The van der Waals surface area contributed by atoms with Crippen molar-refractivity contribution in [2.75, 3.05) is 6.54 Å². The van der Waals surface area contributed by atoms with E-state index in [1.54, 1.807) is 13.8 Å². The molecule has 0 unspecified atom stereocenters. The van der Waals surface area contributed by atoms with Crippen LogP contribution in [0, 0.1) is 5.92 Å². The van der Waals surface area contributed by atoms with Crippen LogP contribution in [0.3, 0.4) is 0 Å². The maximum Gasteiger partial charge on any atom is 0.417 e. The van der Waals surface area contributed by atoms with Crippen molar-refractivity contribution in [2.45, 2.75) is 32.5 Å². The van der Waals surface area contributed by atoms with Crippen LogP contribution < -0.4 is 0 Å². The second kappa shape index (κ2) is 5.12. The minimum atomic E-state index is -0.795. The Bertz CT molecular complexity index is 639. The molecule has 2 amide bonds. The van der Waals surface area contributed by atoms with Crippen molar-refractivity contribution >= 4 is 17.7 Å². The number of rotatable bonds is 2. The van der Waals surface area contributed by atoms with Crippen molar-refractivity contribution in [3.63, 3.8) is 0 Å². The summed E-state index contributed by atoms with van der Waals surface area (Å²) in [5.41, 5.74) is 0.956. The highest BCUT2D eigenvalue weighted by Gasteiger charge is 2.47. The third-order valence-electron chi connectivity index (χ3n) is 3.85. The number of imide groups is 1. The van der Waals surface area contributed by atoms with Gasteiger partial charge in [-0.2, -0.15) is 0 Å². The minimum absolute atomic E-state index is 0.220. The molecular weight excluding hydrogens is 284 g/mol. The van der Waals surface area contributed by atoms with Crippen molar-refractivity contribution in [3.05, 3.63) is 35.9 Å². The smallest absolute Gasteiger partial charge is 0.417 e. The van der Waals surface area contributed by atoms with E-state index in [-0.39, 0.29) is 12.5 Å². The summed E-state index contributed by atoms with van der Waals surface area (Å²) in [5.74, 6) is -0.635. The fourth-order valence-corrected chi connectivity index (χ4v) is 2.71. The van der Waals surface area contributed by atoms with Crippen LogP contribution in [0.1, 0.15) is 26.3 Å². The van der Waals surface area contributed by atoms with Gasteiger partial charge in [-0.15, -0.1) is 0 Å². The average Bonchev–Trinajstić information content (AvgIpc) is 2.98. The maximum absolute atomic E-state index is 12.6. The number of hydrogen-bond donors (Lipinski definition) is 0. The highest BCUT2D eigenvalue weighted by atomic mass is 16.7. The molecule has 0 aliphatic carbocycles. The van der Waals surface area contributed by atoms with Gasteiger partial charge in [0, 0.05) is 0 Å². The van der Waals surface area contributed by atoms with Gasteiger partial charge in [-0.3, -0.25) is 4.79 Å². The lowest BCUT2D eigenvalue weighted by atomic mass is 9.93. The summed E-state index contributed by atoms with van der Waals surface area (Å²) in [6, 6.07) is 9.55. The molecule has 2 aliphatic rings. The number of carbonyl (C=O) groups is 2. The third kappa shape index (κ3) is 2.45. The first-order valence-electron chi connectivity index (χ1n) is 7.22. The topological polar surface area (TPSA) is 68.2 Å². The zero-order chi connectivity index (χ0) is 15.9. The van der Waals surface area contributed by atoms with Crippen LogP contribution in [0.4, 0.5) is 4.79 Å². The first-order chi connectivity index (χ1) is 10.4. The van der Waals surface area contributed by atoms with Gasteiger partial charge < -0.3 is 9.57 Å². The largest absolute Gasteiger partial charge is 0.441 e. The van der Waals surface area contributed by atoms with E-state index in [0.29, 0.717) is 5.71 Å². The molecule has 0 spiro atoms. The fraction of sp³-hybridized carbons (Fsp3) is 0.438.